The second kappa shape index (κ2) is 11.5. The van der Waals surface area contributed by atoms with E-state index in [4.69, 9.17) is 14.2 Å². The number of benzene rings is 5. The first-order valence-electron chi connectivity index (χ1n) is 15.5. The molecular weight excluding hydrogens is 593 g/mol. The summed E-state index contributed by atoms with van der Waals surface area (Å²) in [6.45, 7) is 4.68. The van der Waals surface area contributed by atoms with E-state index in [0.717, 1.165) is 46.6 Å². The van der Waals surface area contributed by atoms with Gasteiger partial charge in [-0.3, -0.25) is 0 Å². The molecule has 7 rings (SSSR count). The van der Waals surface area contributed by atoms with Crippen LogP contribution < -0.4 is 14.2 Å². The molecule has 0 saturated carbocycles. The first-order valence-corrected chi connectivity index (χ1v) is 18.0. The lowest BCUT2D eigenvalue weighted by Crippen LogP contribution is -2.35. The summed E-state index contributed by atoms with van der Waals surface area (Å²) in [5, 5.41) is 2.39. The van der Waals surface area contributed by atoms with Crippen LogP contribution in [-0.4, -0.2) is 26.7 Å². The van der Waals surface area contributed by atoms with Gasteiger partial charge in [0.05, 0.1) is 14.2 Å². The first kappa shape index (κ1) is 29.9. The van der Waals surface area contributed by atoms with E-state index in [9.17, 15) is 0 Å². The molecule has 0 saturated heterocycles. The minimum Gasteiger partial charge on any atom is -0.497 e. The number of rotatable bonds is 8. The highest BCUT2D eigenvalue weighted by molar-refractivity contribution is 7.98. The summed E-state index contributed by atoms with van der Waals surface area (Å²) in [6.07, 6.45) is 10.9. The molecule has 1 aliphatic heterocycles. The Morgan fingerprint density at radius 2 is 1.27 bits per heavy atom. The average Bonchev–Trinajstić information content (AvgIpc) is 3.41. The Kier molecular flexibility index (Phi) is 7.66. The summed E-state index contributed by atoms with van der Waals surface area (Å²) >= 11 is 3.58. The van der Waals surface area contributed by atoms with Crippen molar-refractivity contribution >= 4 is 40.4 Å². The number of ether oxygens (including phenoxy) is 3. The maximum atomic E-state index is 7.52. The lowest BCUT2D eigenvalue weighted by Gasteiger charge is -2.39. The molecule has 2 aliphatic rings. The van der Waals surface area contributed by atoms with Crippen LogP contribution >= 0.6 is 23.5 Å². The summed E-state index contributed by atoms with van der Waals surface area (Å²) < 4.78 is 18.6. The fraction of sp³-hybridized carbons (Fsp3) is 0.250. The van der Waals surface area contributed by atoms with Crippen LogP contribution in [0, 0.1) is 0 Å². The Morgan fingerprint density at radius 1 is 0.689 bits per heavy atom. The highest BCUT2D eigenvalue weighted by Crippen LogP contribution is 2.61. The van der Waals surface area contributed by atoms with Crippen molar-refractivity contribution in [3.05, 3.63) is 119 Å². The Balaban J connectivity index is 1.56. The van der Waals surface area contributed by atoms with Crippen LogP contribution in [-0.2, 0) is 11.0 Å². The van der Waals surface area contributed by atoms with E-state index in [2.05, 4.69) is 99.2 Å². The number of methoxy groups -OCH3 is 2. The predicted octanol–water partition coefficient (Wildman–Crippen LogP) is 10.7. The van der Waals surface area contributed by atoms with Crippen LogP contribution in [0.25, 0.3) is 28.0 Å². The van der Waals surface area contributed by atoms with Gasteiger partial charge in [0.25, 0.3) is 0 Å². The minimum atomic E-state index is -0.847. The fourth-order valence-corrected chi connectivity index (χ4v) is 8.44. The van der Waals surface area contributed by atoms with Crippen molar-refractivity contribution in [3.8, 4) is 28.4 Å². The molecule has 1 heterocycles. The lowest BCUT2D eigenvalue weighted by atomic mass is 9.71. The van der Waals surface area contributed by atoms with Crippen molar-refractivity contribution in [2.24, 2.45) is 0 Å². The zero-order chi connectivity index (χ0) is 31.3. The minimum absolute atomic E-state index is 0.110. The van der Waals surface area contributed by atoms with E-state index in [1.165, 1.54) is 43.0 Å². The van der Waals surface area contributed by atoms with Crippen molar-refractivity contribution in [3.63, 3.8) is 0 Å². The number of thioether (sulfide) groups is 2. The maximum Gasteiger partial charge on any atom is 0.178 e. The zero-order valence-electron chi connectivity index (χ0n) is 26.7. The van der Waals surface area contributed by atoms with E-state index in [-0.39, 0.29) is 5.41 Å². The third-order valence-electron chi connectivity index (χ3n) is 9.99. The highest BCUT2D eigenvalue weighted by Gasteiger charge is 2.47. The standard InChI is InChI=1S/C40H38O3S2/c1-7-39(8-2)35-24-30(45-6)18-20-32(35)36-31-19-17-29(44-5)23-34(31)38-33(37(36)39)21-22-40(43-38,25-9-13-27(41-3)14-10-25)26-11-15-28(42-4)16-12-26/h9-24H,7-8H2,1-6H3. The molecule has 0 aromatic heterocycles. The van der Waals surface area contributed by atoms with Gasteiger partial charge in [-0.2, -0.15) is 0 Å². The molecular formula is C40H38O3S2. The summed E-state index contributed by atoms with van der Waals surface area (Å²) in [7, 11) is 3.40. The third kappa shape index (κ3) is 4.42. The molecule has 1 aliphatic carbocycles. The zero-order valence-corrected chi connectivity index (χ0v) is 28.3. The van der Waals surface area contributed by atoms with E-state index >= 15 is 0 Å². The number of hydrogen-bond acceptors (Lipinski definition) is 5. The van der Waals surface area contributed by atoms with Crippen LogP contribution in [0.1, 0.15) is 54.5 Å². The van der Waals surface area contributed by atoms with Crippen LogP contribution in [0.5, 0.6) is 17.2 Å². The van der Waals surface area contributed by atoms with Crippen LogP contribution in [0.2, 0.25) is 0 Å². The monoisotopic (exact) mass is 630 g/mol. The number of fused-ring (bicyclic) bond motifs is 8. The molecule has 45 heavy (non-hydrogen) atoms. The first-order chi connectivity index (χ1) is 22.0. The second-order valence-corrected chi connectivity index (χ2v) is 13.5. The Hall–Kier alpha value is -3.80. The summed E-state index contributed by atoms with van der Waals surface area (Å²) in [5.74, 6) is 2.57. The smallest absolute Gasteiger partial charge is 0.178 e. The summed E-state index contributed by atoms with van der Waals surface area (Å²) in [5.41, 5.74) is 7.86. The van der Waals surface area contributed by atoms with Gasteiger partial charge in [-0.1, -0.05) is 56.3 Å². The molecule has 5 aromatic carbocycles. The molecule has 5 aromatic rings. The van der Waals surface area contributed by atoms with E-state index in [0.29, 0.717) is 0 Å². The quantitative estimate of drug-likeness (QED) is 0.159. The SMILES string of the molecule is CCC1(CC)c2cc(SC)ccc2-c2c1c1c(c3cc(SC)ccc23)OC(c2ccc(OC)cc2)(c2ccc(OC)cc2)C=C1. The van der Waals surface area contributed by atoms with Gasteiger partial charge in [0.1, 0.15) is 17.2 Å². The van der Waals surface area contributed by atoms with Gasteiger partial charge in [0, 0.05) is 37.3 Å². The average molecular weight is 631 g/mol. The van der Waals surface area contributed by atoms with Gasteiger partial charge in [-0.15, -0.1) is 23.5 Å². The lowest BCUT2D eigenvalue weighted by molar-refractivity contribution is 0.163. The molecule has 0 bridgehead atoms. The molecule has 0 fully saturated rings. The maximum absolute atomic E-state index is 7.52. The van der Waals surface area contributed by atoms with Crippen molar-refractivity contribution in [2.75, 3.05) is 26.7 Å². The van der Waals surface area contributed by atoms with Crippen LogP contribution in [0.15, 0.2) is 101 Å². The van der Waals surface area contributed by atoms with E-state index in [1.54, 1.807) is 26.0 Å². The molecule has 0 atom stereocenters. The highest BCUT2D eigenvalue weighted by atomic mass is 32.2. The number of hydrogen-bond donors (Lipinski definition) is 0. The molecule has 228 valence electrons. The summed E-state index contributed by atoms with van der Waals surface area (Å²) in [6, 6.07) is 30.5. The molecule has 0 unspecified atom stereocenters. The topological polar surface area (TPSA) is 27.7 Å². The van der Waals surface area contributed by atoms with Crippen LogP contribution in [0.3, 0.4) is 0 Å². The molecule has 0 radical (unpaired) electrons. The van der Waals surface area contributed by atoms with Gasteiger partial charge >= 0.3 is 0 Å². The largest absolute Gasteiger partial charge is 0.497 e. The van der Waals surface area contributed by atoms with Gasteiger partial charge in [0.15, 0.2) is 5.60 Å². The van der Waals surface area contributed by atoms with E-state index in [1.807, 2.05) is 36.0 Å². The normalized spacial score (nSPS) is 15.2. The molecule has 5 heteroatoms. The fourth-order valence-electron chi connectivity index (χ4n) is 7.56. The van der Waals surface area contributed by atoms with Crippen molar-refractivity contribution < 1.29 is 14.2 Å². The van der Waals surface area contributed by atoms with Gasteiger partial charge in [-0.25, -0.2) is 0 Å². The molecule has 0 spiro atoms. The van der Waals surface area contributed by atoms with Gasteiger partial charge in [-0.05, 0) is 108 Å². The Labute approximate surface area is 275 Å². The summed E-state index contributed by atoms with van der Waals surface area (Å²) in [4.78, 5) is 2.52. The predicted molar refractivity (Wildman–Crippen MR) is 191 cm³/mol. The second-order valence-electron chi connectivity index (χ2n) is 11.7. The van der Waals surface area contributed by atoms with Gasteiger partial charge < -0.3 is 14.2 Å². The van der Waals surface area contributed by atoms with Crippen molar-refractivity contribution in [1.82, 2.24) is 0 Å². The molecule has 3 nitrogen and oxygen atoms in total. The Bertz CT molecular complexity index is 1890. The van der Waals surface area contributed by atoms with Gasteiger partial charge in [0.2, 0.25) is 0 Å². The molecule has 0 amide bonds. The van der Waals surface area contributed by atoms with E-state index < -0.39 is 5.60 Å². The Morgan fingerprint density at radius 3 is 1.82 bits per heavy atom. The van der Waals surface area contributed by atoms with Crippen molar-refractivity contribution in [1.29, 1.82) is 0 Å². The van der Waals surface area contributed by atoms with Crippen LogP contribution in [0.4, 0.5) is 0 Å². The third-order valence-corrected chi connectivity index (χ3v) is 11.4. The van der Waals surface area contributed by atoms with Crippen molar-refractivity contribution in [2.45, 2.75) is 47.5 Å². The molecule has 0 N–H and O–H groups in total.